The lowest BCUT2D eigenvalue weighted by molar-refractivity contribution is 0.114. The minimum atomic E-state index is 0.317. The molecule has 0 aliphatic carbocycles. The van der Waals surface area contributed by atoms with E-state index in [1.165, 1.54) is 0 Å². The number of nitrogens with one attached hydrogen (secondary N) is 2. The van der Waals surface area contributed by atoms with Crippen LogP contribution in [0.15, 0.2) is 35.6 Å². The van der Waals surface area contributed by atoms with Gasteiger partial charge in [-0.1, -0.05) is 6.07 Å². The second kappa shape index (κ2) is 7.26. The number of rotatable bonds is 5. The van der Waals surface area contributed by atoms with Gasteiger partial charge >= 0.3 is 0 Å². The molecule has 3 heterocycles. The Kier molecular flexibility index (Phi) is 4.90. The lowest BCUT2D eigenvalue weighted by Gasteiger charge is -2.14. The van der Waals surface area contributed by atoms with E-state index in [4.69, 9.17) is 4.74 Å². The highest BCUT2D eigenvalue weighted by Gasteiger charge is 2.15. The van der Waals surface area contributed by atoms with Crippen molar-refractivity contribution in [3.8, 4) is 0 Å². The summed E-state index contributed by atoms with van der Waals surface area (Å²) in [6.45, 7) is 2.50. The average molecular weight is 301 g/mol. The second-order valence-electron chi connectivity index (χ2n) is 5.46. The highest BCUT2D eigenvalue weighted by molar-refractivity contribution is 5.79. The molecule has 1 atom stereocenters. The molecule has 2 N–H and O–H groups in total. The first-order valence-corrected chi connectivity index (χ1v) is 7.84. The first-order chi connectivity index (χ1) is 10.8. The zero-order valence-corrected chi connectivity index (χ0v) is 13.0. The monoisotopic (exact) mass is 301 g/mol. The normalized spacial score (nSPS) is 18.8. The molecule has 3 rings (SSSR count). The molecule has 0 radical (unpaired) electrons. The van der Waals surface area contributed by atoms with Gasteiger partial charge in [0.15, 0.2) is 5.96 Å². The molecular weight excluding hydrogens is 278 g/mol. The number of pyridine rings is 1. The largest absolute Gasteiger partial charge is 0.376 e. The van der Waals surface area contributed by atoms with Crippen molar-refractivity contribution >= 4 is 11.6 Å². The molecule has 1 aliphatic heterocycles. The maximum Gasteiger partial charge on any atom is 0.191 e. The third-order valence-electron chi connectivity index (χ3n) is 3.83. The van der Waals surface area contributed by atoms with Gasteiger partial charge < -0.3 is 19.8 Å². The van der Waals surface area contributed by atoms with Crippen molar-refractivity contribution < 1.29 is 4.74 Å². The summed E-state index contributed by atoms with van der Waals surface area (Å²) in [6.07, 6.45) is 7.55. The van der Waals surface area contributed by atoms with Gasteiger partial charge in [0.2, 0.25) is 0 Å². The van der Waals surface area contributed by atoms with Crippen LogP contribution in [-0.4, -0.2) is 48.2 Å². The average Bonchev–Trinajstić information content (AvgIpc) is 3.19. The van der Waals surface area contributed by atoms with Gasteiger partial charge in [-0.15, -0.1) is 0 Å². The molecule has 22 heavy (non-hydrogen) atoms. The molecule has 2 aromatic rings. The van der Waals surface area contributed by atoms with Crippen LogP contribution in [0.1, 0.15) is 18.5 Å². The van der Waals surface area contributed by atoms with E-state index >= 15 is 0 Å². The summed E-state index contributed by atoms with van der Waals surface area (Å²) in [5, 5.41) is 6.63. The van der Waals surface area contributed by atoms with Crippen molar-refractivity contribution in [1.29, 1.82) is 0 Å². The van der Waals surface area contributed by atoms with E-state index in [9.17, 15) is 0 Å². The smallest absolute Gasteiger partial charge is 0.191 e. The summed E-state index contributed by atoms with van der Waals surface area (Å²) in [4.78, 5) is 8.82. The summed E-state index contributed by atoms with van der Waals surface area (Å²) in [6, 6.07) is 6.02. The number of nitrogens with zero attached hydrogens (tertiary/aromatic N) is 3. The van der Waals surface area contributed by atoms with Gasteiger partial charge in [-0.05, 0) is 25.0 Å². The molecule has 2 aromatic heterocycles. The van der Waals surface area contributed by atoms with Gasteiger partial charge in [0, 0.05) is 45.6 Å². The van der Waals surface area contributed by atoms with Crippen molar-refractivity contribution in [2.75, 3.05) is 26.7 Å². The molecule has 0 saturated carbocycles. The Morgan fingerprint density at radius 3 is 3.18 bits per heavy atom. The lowest BCUT2D eigenvalue weighted by Crippen LogP contribution is -2.41. The van der Waals surface area contributed by atoms with Crippen molar-refractivity contribution in [3.05, 3.63) is 36.3 Å². The minimum absolute atomic E-state index is 0.317. The van der Waals surface area contributed by atoms with Gasteiger partial charge in [-0.25, -0.2) is 4.98 Å². The molecule has 1 aliphatic rings. The third kappa shape index (κ3) is 3.76. The van der Waals surface area contributed by atoms with E-state index in [0.29, 0.717) is 6.10 Å². The zero-order chi connectivity index (χ0) is 15.2. The van der Waals surface area contributed by atoms with Crippen LogP contribution in [0, 0.1) is 0 Å². The number of imidazole rings is 1. The number of hydrogen-bond donors (Lipinski definition) is 2. The number of fused-ring (bicyclic) bond motifs is 1. The van der Waals surface area contributed by atoms with Crippen molar-refractivity contribution in [3.63, 3.8) is 0 Å². The Bertz CT molecular complexity index is 597. The summed E-state index contributed by atoms with van der Waals surface area (Å²) in [5.41, 5.74) is 2.06. The predicted molar refractivity (Wildman–Crippen MR) is 87.2 cm³/mol. The van der Waals surface area contributed by atoms with Gasteiger partial charge in [-0.3, -0.25) is 4.99 Å². The Morgan fingerprint density at radius 1 is 1.45 bits per heavy atom. The highest BCUT2D eigenvalue weighted by Crippen LogP contribution is 2.10. The summed E-state index contributed by atoms with van der Waals surface area (Å²) in [7, 11) is 1.79. The fourth-order valence-corrected chi connectivity index (χ4v) is 2.65. The standard InChI is InChI=1S/C16H23N5O/c1-17-16(19-11-14-5-4-10-22-14)18-8-7-13-12-21-9-3-2-6-15(21)20-13/h2-3,6,9,12,14H,4-5,7-8,10-11H2,1H3,(H2,17,18,19). The maximum atomic E-state index is 5.60. The third-order valence-corrected chi connectivity index (χ3v) is 3.83. The van der Waals surface area contributed by atoms with Crippen molar-refractivity contribution in [2.24, 2.45) is 4.99 Å². The molecule has 0 spiro atoms. The Hall–Kier alpha value is -2.08. The van der Waals surface area contributed by atoms with Crippen LogP contribution in [0.4, 0.5) is 0 Å². The molecule has 0 aromatic carbocycles. The number of aliphatic imine (C=N–C) groups is 1. The van der Waals surface area contributed by atoms with E-state index in [1.54, 1.807) is 7.05 Å². The highest BCUT2D eigenvalue weighted by atomic mass is 16.5. The van der Waals surface area contributed by atoms with Crippen molar-refractivity contribution in [1.82, 2.24) is 20.0 Å². The minimum Gasteiger partial charge on any atom is -0.376 e. The number of guanidine groups is 1. The molecule has 118 valence electrons. The quantitative estimate of drug-likeness (QED) is 0.644. The molecule has 1 unspecified atom stereocenters. The van der Waals surface area contributed by atoms with Gasteiger partial charge in [0.05, 0.1) is 11.8 Å². The zero-order valence-electron chi connectivity index (χ0n) is 13.0. The van der Waals surface area contributed by atoms with E-state index in [1.807, 2.05) is 28.8 Å². The number of aromatic nitrogens is 2. The molecule has 6 nitrogen and oxygen atoms in total. The van der Waals surface area contributed by atoms with E-state index < -0.39 is 0 Å². The maximum absolute atomic E-state index is 5.60. The van der Waals surface area contributed by atoms with Crippen molar-refractivity contribution in [2.45, 2.75) is 25.4 Å². The summed E-state index contributed by atoms with van der Waals surface area (Å²) < 4.78 is 7.64. The SMILES string of the molecule is CN=C(NCCc1cn2ccccc2n1)NCC1CCCO1. The predicted octanol–water partition coefficient (Wildman–Crippen LogP) is 1.22. The Balaban J connectivity index is 1.44. The molecule has 6 heteroatoms. The number of ether oxygens (including phenoxy) is 1. The molecule has 1 saturated heterocycles. The van der Waals surface area contributed by atoms with E-state index in [2.05, 4.69) is 26.8 Å². The molecular formula is C16H23N5O. The van der Waals surface area contributed by atoms with Crippen LogP contribution >= 0.6 is 0 Å². The molecule has 0 bridgehead atoms. The lowest BCUT2D eigenvalue weighted by atomic mass is 10.2. The first-order valence-electron chi connectivity index (χ1n) is 7.84. The Morgan fingerprint density at radius 2 is 2.41 bits per heavy atom. The molecule has 0 amide bonds. The van der Waals surface area contributed by atoms with Gasteiger partial charge in [0.1, 0.15) is 5.65 Å². The van der Waals surface area contributed by atoms with E-state index in [0.717, 1.165) is 56.3 Å². The Labute approximate surface area is 130 Å². The van der Waals surface area contributed by atoms with Gasteiger partial charge in [0.25, 0.3) is 0 Å². The first kappa shape index (κ1) is 14.8. The van der Waals surface area contributed by atoms with Gasteiger partial charge in [-0.2, -0.15) is 0 Å². The summed E-state index contributed by atoms with van der Waals surface area (Å²) in [5.74, 6) is 0.819. The summed E-state index contributed by atoms with van der Waals surface area (Å²) >= 11 is 0. The van der Waals surface area contributed by atoms with Crippen LogP contribution in [0.2, 0.25) is 0 Å². The van der Waals surface area contributed by atoms with Crippen LogP contribution < -0.4 is 10.6 Å². The number of hydrogen-bond acceptors (Lipinski definition) is 3. The van der Waals surface area contributed by atoms with Crippen LogP contribution in [0.25, 0.3) is 5.65 Å². The fraction of sp³-hybridized carbons (Fsp3) is 0.500. The topological polar surface area (TPSA) is 63.0 Å². The van der Waals surface area contributed by atoms with Crippen LogP contribution in [-0.2, 0) is 11.2 Å². The van der Waals surface area contributed by atoms with Crippen LogP contribution in [0.5, 0.6) is 0 Å². The fourth-order valence-electron chi connectivity index (χ4n) is 2.65. The second-order valence-corrected chi connectivity index (χ2v) is 5.46. The van der Waals surface area contributed by atoms with Crippen LogP contribution in [0.3, 0.4) is 0 Å². The molecule has 1 fully saturated rings. The van der Waals surface area contributed by atoms with E-state index in [-0.39, 0.29) is 0 Å².